The molecule has 2 heterocycles. The Balaban J connectivity index is 1.92. The Morgan fingerprint density at radius 2 is 2.00 bits per heavy atom. The third-order valence-corrected chi connectivity index (χ3v) is 3.87. The smallest absolute Gasteiger partial charge is 0.180 e. The number of para-hydroxylation sites is 2. The van der Waals surface area contributed by atoms with Gasteiger partial charge in [-0.15, -0.1) is 0 Å². The first-order chi connectivity index (χ1) is 11.3. The first-order valence-corrected chi connectivity index (χ1v) is 7.26. The molecule has 0 amide bonds. The minimum atomic E-state index is 0.417. The van der Waals surface area contributed by atoms with E-state index in [1.165, 1.54) is 0 Å². The molecule has 0 bridgehead atoms. The van der Waals surface area contributed by atoms with Crippen molar-refractivity contribution in [1.82, 2.24) is 14.4 Å². The molecule has 0 aliphatic heterocycles. The van der Waals surface area contributed by atoms with Crippen molar-refractivity contribution in [3.63, 3.8) is 0 Å². The highest BCUT2D eigenvalue weighted by Gasteiger charge is 2.12. The van der Waals surface area contributed by atoms with Crippen LogP contribution in [0.2, 0.25) is 0 Å². The molecule has 2 N–H and O–H groups in total. The highest BCUT2D eigenvalue weighted by atomic mass is 15.1. The Bertz CT molecular complexity index is 1070. The van der Waals surface area contributed by atoms with Crippen LogP contribution >= 0.6 is 0 Å². The fourth-order valence-electron chi connectivity index (χ4n) is 2.85. The molecule has 0 saturated heterocycles. The molecule has 5 heteroatoms. The normalized spacial score (nSPS) is 10.9. The molecule has 2 aromatic heterocycles. The van der Waals surface area contributed by atoms with E-state index in [-0.39, 0.29) is 0 Å². The number of fused-ring (bicyclic) bond motifs is 3. The van der Waals surface area contributed by atoms with Gasteiger partial charge in [-0.25, -0.2) is 9.97 Å². The molecule has 0 spiro atoms. The van der Waals surface area contributed by atoms with Gasteiger partial charge in [0.1, 0.15) is 0 Å². The van der Waals surface area contributed by atoms with E-state index in [4.69, 9.17) is 11.0 Å². The highest BCUT2D eigenvalue weighted by molar-refractivity contribution is 5.82. The van der Waals surface area contributed by atoms with E-state index in [1.54, 1.807) is 6.07 Å². The molecule has 110 valence electrons. The average molecular weight is 299 g/mol. The summed E-state index contributed by atoms with van der Waals surface area (Å²) in [5, 5.41) is 9.05. The van der Waals surface area contributed by atoms with Gasteiger partial charge in [0.05, 0.1) is 22.7 Å². The molecule has 23 heavy (non-hydrogen) atoms. The van der Waals surface area contributed by atoms with Crippen molar-refractivity contribution in [1.29, 1.82) is 5.26 Å². The Kier molecular flexibility index (Phi) is 2.95. The van der Waals surface area contributed by atoms with Crippen molar-refractivity contribution in [2.24, 2.45) is 0 Å². The van der Waals surface area contributed by atoms with Crippen molar-refractivity contribution >= 4 is 22.5 Å². The summed E-state index contributed by atoms with van der Waals surface area (Å²) in [7, 11) is 0. The van der Waals surface area contributed by atoms with Gasteiger partial charge in [0, 0.05) is 18.3 Å². The van der Waals surface area contributed by atoms with E-state index in [0.717, 1.165) is 22.3 Å². The fraction of sp³-hybridized carbons (Fsp3) is 0.0556. The topological polar surface area (TPSA) is 80.0 Å². The van der Waals surface area contributed by atoms with Gasteiger partial charge in [-0.3, -0.25) is 4.40 Å². The van der Waals surface area contributed by atoms with E-state index >= 15 is 0 Å². The predicted octanol–water partition coefficient (Wildman–Crippen LogP) is 2.93. The number of nitrogen functional groups attached to an aromatic ring is 1. The van der Waals surface area contributed by atoms with Crippen LogP contribution in [0.15, 0.2) is 54.7 Å². The second-order valence-electron chi connectivity index (χ2n) is 5.38. The number of hydrogen-bond acceptors (Lipinski definition) is 4. The molecule has 0 saturated carbocycles. The number of benzene rings is 2. The molecule has 4 aromatic rings. The molecule has 0 fully saturated rings. The van der Waals surface area contributed by atoms with Crippen LogP contribution in [0.25, 0.3) is 16.7 Å². The molecule has 0 radical (unpaired) electrons. The van der Waals surface area contributed by atoms with Crippen LogP contribution in [0, 0.1) is 11.3 Å². The second-order valence-corrected chi connectivity index (χ2v) is 5.38. The average Bonchev–Trinajstić information content (AvgIpc) is 3.00. The van der Waals surface area contributed by atoms with Crippen LogP contribution < -0.4 is 5.73 Å². The van der Waals surface area contributed by atoms with Crippen LogP contribution in [0.4, 0.5) is 5.82 Å². The first-order valence-electron chi connectivity index (χ1n) is 7.26. The zero-order valence-corrected chi connectivity index (χ0v) is 12.3. The fourth-order valence-corrected chi connectivity index (χ4v) is 2.85. The van der Waals surface area contributed by atoms with Crippen LogP contribution in [0.1, 0.15) is 16.8 Å². The minimum absolute atomic E-state index is 0.417. The summed E-state index contributed by atoms with van der Waals surface area (Å²) in [5.74, 6) is 0.417. The Morgan fingerprint density at radius 3 is 2.87 bits per heavy atom. The lowest BCUT2D eigenvalue weighted by molar-refractivity contribution is 1.05. The van der Waals surface area contributed by atoms with Crippen LogP contribution in [0.3, 0.4) is 0 Å². The van der Waals surface area contributed by atoms with Crippen molar-refractivity contribution in [2.75, 3.05) is 5.73 Å². The van der Waals surface area contributed by atoms with Crippen molar-refractivity contribution in [3.05, 3.63) is 71.5 Å². The van der Waals surface area contributed by atoms with Gasteiger partial charge < -0.3 is 5.73 Å². The van der Waals surface area contributed by atoms with Gasteiger partial charge in [0.25, 0.3) is 0 Å². The van der Waals surface area contributed by atoms with Crippen molar-refractivity contribution < 1.29 is 0 Å². The van der Waals surface area contributed by atoms with Gasteiger partial charge >= 0.3 is 0 Å². The number of imidazole rings is 1. The summed E-state index contributed by atoms with van der Waals surface area (Å²) in [5.41, 5.74) is 11.2. The zero-order valence-electron chi connectivity index (χ0n) is 12.3. The molecule has 0 unspecified atom stereocenters. The number of nitrogens with two attached hydrogens (primary N) is 1. The van der Waals surface area contributed by atoms with Crippen LogP contribution in [0.5, 0.6) is 0 Å². The number of anilines is 1. The van der Waals surface area contributed by atoms with Gasteiger partial charge in [0.15, 0.2) is 11.5 Å². The SMILES string of the molecule is N#Cc1cccc(Cc2cnc3c(N)nc4ccccc4n23)c1. The van der Waals surface area contributed by atoms with E-state index < -0.39 is 0 Å². The van der Waals surface area contributed by atoms with Crippen LogP contribution in [-0.4, -0.2) is 14.4 Å². The van der Waals surface area contributed by atoms with Crippen LogP contribution in [-0.2, 0) is 6.42 Å². The Morgan fingerprint density at radius 1 is 1.13 bits per heavy atom. The van der Waals surface area contributed by atoms with Crippen molar-refractivity contribution in [3.8, 4) is 6.07 Å². The summed E-state index contributed by atoms with van der Waals surface area (Å²) in [4.78, 5) is 8.82. The number of hydrogen-bond donors (Lipinski definition) is 1. The maximum atomic E-state index is 9.05. The number of aromatic nitrogens is 3. The van der Waals surface area contributed by atoms with Gasteiger partial charge in [0.2, 0.25) is 0 Å². The van der Waals surface area contributed by atoms with Gasteiger partial charge in [-0.1, -0.05) is 24.3 Å². The van der Waals surface area contributed by atoms with Crippen molar-refractivity contribution in [2.45, 2.75) is 6.42 Å². The zero-order chi connectivity index (χ0) is 15.8. The summed E-state index contributed by atoms with van der Waals surface area (Å²) < 4.78 is 2.04. The summed E-state index contributed by atoms with van der Waals surface area (Å²) in [6, 6.07) is 17.6. The molecule has 0 atom stereocenters. The van der Waals surface area contributed by atoms with E-state index in [1.807, 2.05) is 53.1 Å². The predicted molar refractivity (Wildman–Crippen MR) is 88.9 cm³/mol. The largest absolute Gasteiger partial charge is 0.381 e. The molecule has 4 rings (SSSR count). The lowest BCUT2D eigenvalue weighted by Crippen LogP contribution is -2.02. The molecular weight excluding hydrogens is 286 g/mol. The summed E-state index contributed by atoms with van der Waals surface area (Å²) >= 11 is 0. The van der Waals surface area contributed by atoms with Gasteiger partial charge in [-0.05, 0) is 29.8 Å². The molecule has 2 aromatic carbocycles. The third-order valence-electron chi connectivity index (χ3n) is 3.87. The molecule has 5 nitrogen and oxygen atoms in total. The quantitative estimate of drug-likeness (QED) is 0.617. The lowest BCUT2D eigenvalue weighted by Gasteiger charge is -2.08. The summed E-state index contributed by atoms with van der Waals surface area (Å²) in [6.45, 7) is 0. The molecule has 0 aliphatic rings. The van der Waals surface area contributed by atoms with E-state index in [0.29, 0.717) is 23.4 Å². The lowest BCUT2D eigenvalue weighted by atomic mass is 10.1. The summed E-state index contributed by atoms with van der Waals surface area (Å²) in [6.07, 6.45) is 2.49. The third kappa shape index (κ3) is 2.17. The number of nitrogens with zero attached hydrogens (tertiary/aromatic N) is 4. The number of rotatable bonds is 2. The standard InChI is InChI=1S/C18H13N5/c19-10-13-5-3-4-12(8-13)9-14-11-21-18-17(20)22-15-6-1-2-7-16(15)23(14)18/h1-8,11H,9H2,(H2,20,22). The maximum absolute atomic E-state index is 9.05. The minimum Gasteiger partial charge on any atom is -0.381 e. The monoisotopic (exact) mass is 299 g/mol. The van der Waals surface area contributed by atoms with E-state index in [2.05, 4.69) is 16.0 Å². The molecular formula is C18H13N5. The Hall–Kier alpha value is -3.39. The second kappa shape index (κ2) is 5.11. The number of nitriles is 1. The highest BCUT2D eigenvalue weighted by Crippen LogP contribution is 2.22. The Labute approximate surface area is 132 Å². The molecule has 0 aliphatic carbocycles. The first kappa shape index (κ1) is 13.3. The van der Waals surface area contributed by atoms with Gasteiger partial charge in [-0.2, -0.15) is 5.26 Å². The van der Waals surface area contributed by atoms with E-state index in [9.17, 15) is 0 Å². The maximum Gasteiger partial charge on any atom is 0.180 e.